The molecule has 0 bridgehead atoms. The van der Waals surface area contributed by atoms with Crippen molar-refractivity contribution in [3.8, 4) is 5.75 Å². The molecule has 0 atom stereocenters. The van der Waals surface area contributed by atoms with Crippen LogP contribution in [0.5, 0.6) is 5.75 Å². The molecule has 144 valence electrons. The van der Waals surface area contributed by atoms with E-state index in [4.69, 9.17) is 9.47 Å². The number of ether oxygens (including phenoxy) is 2. The number of likely N-dealkylation sites (tertiary alicyclic amines) is 1. The highest BCUT2D eigenvalue weighted by Crippen LogP contribution is 2.24. The molecule has 1 heterocycles. The fraction of sp³-hybridized carbons (Fsp3) is 0.579. The van der Waals surface area contributed by atoms with Gasteiger partial charge >= 0.3 is 6.09 Å². The maximum absolute atomic E-state index is 13.7. The number of halogens is 1. The Labute approximate surface area is 153 Å². The molecule has 1 aromatic rings. The van der Waals surface area contributed by atoms with Gasteiger partial charge in [0.1, 0.15) is 5.60 Å². The molecule has 0 unspecified atom stereocenters. The van der Waals surface area contributed by atoms with Gasteiger partial charge in [-0.1, -0.05) is 0 Å². The predicted octanol–water partition coefficient (Wildman–Crippen LogP) is 3.81. The Balaban J connectivity index is 1.79. The van der Waals surface area contributed by atoms with Crippen LogP contribution in [0, 0.1) is 11.7 Å². The maximum Gasteiger partial charge on any atom is 0.410 e. The first-order chi connectivity index (χ1) is 12.2. The number of hydrogen-bond donors (Lipinski definition) is 1. The minimum absolute atomic E-state index is 0.137. The number of benzene rings is 1. The van der Waals surface area contributed by atoms with E-state index < -0.39 is 11.4 Å². The van der Waals surface area contributed by atoms with Crippen LogP contribution in [0.3, 0.4) is 0 Å². The van der Waals surface area contributed by atoms with Crippen molar-refractivity contribution in [3.05, 3.63) is 24.0 Å². The van der Waals surface area contributed by atoms with Crippen molar-refractivity contribution < 1.29 is 23.5 Å². The van der Waals surface area contributed by atoms with Crippen molar-refractivity contribution in [2.24, 2.45) is 5.92 Å². The van der Waals surface area contributed by atoms with E-state index in [9.17, 15) is 14.0 Å². The van der Waals surface area contributed by atoms with Crippen LogP contribution in [0.2, 0.25) is 0 Å². The summed E-state index contributed by atoms with van der Waals surface area (Å²) in [4.78, 5) is 25.9. The summed E-state index contributed by atoms with van der Waals surface area (Å²) in [5.74, 6) is -0.351. The number of carbonyl (C=O) groups excluding carboxylic acids is 2. The van der Waals surface area contributed by atoms with Gasteiger partial charge in [0.15, 0.2) is 11.6 Å². The van der Waals surface area contributed by atoms with Gasteiger partial charge in [-0.2, -0.15) is 0 Å². The van der Waals surface area contributed by atoms with Gasteiger partial charge in [-0.25, -0.2) is 9.18 Å². The molecule has 1 aliphatic rings. The number of nitrogens with zero attached hydrogens (tertiary/aromatic N) is 1. The molecule has 0 spiro atoms. The van der Waals surface area contributed by atoms with Crippen molar-refractivity contribution in [1.29, 1.82) is 0 Å². The molecular weight excluding hydrogens is 339 g/mol. The van der Waals surface area contributed by atoms with E-state index in [0.29, 0.717) is 25.2 Å². The van der Waals surface area contributed by atoms with Gasteiger partial charge in [0, 0.05) is 31.3 Å². The molecule has 0 saturated carbocycles. The maximum atomic E-state index is 13.7. The zero-order valence-electron chi connectivity index (χ0n) is 15.8. The molecule has 0 aromatic heterocycles. The van der Waals surface area contributed by atoms with Crippen molar-refractivity contribution in [2.45, 2.75) is 45.6 Å². The van der Waals surface area contributed by atoms with E-state index in [1.165, 1.54) is 19.2 Å². The first-order valence-electron chi connectivity index (χ1n) is 8.79. The standard InChI is InChI=1S/C19H27FN2O4/c1-19(2,3)26-18(24)22-9-7-13(8-10-22)11-17(23)21-14-5-6-16(25-4)15(20)12-14/h5-6,12-13H,7-11H2,1-4H3,(H,21,23). The van der Waals surface area contributed by atoms with Crippen molar-refractivity contribution in [1.82, 2.24) is 4.90 Å². The Hall–Kier alpha value is -2.31. The Kier molecular flexibility index (Phi) is 6.45. The average molecular weight is 366 g/mol. The molecule has 0 aliphatic carbocycles. The predicted molar refractivity (Wildman–Crippen MR) is 96.7 cm³/mol. The number of amides is 2. The zero-order chi connectivity index (χ0) is 19.3. The molecule has 2 rings (SSSR count). The Bertz CT molecular complexity index is 649. The van der Waals surface area contributed by atoms with Crippen molar-refractivity contribution >= 4 is 17.7 Å². The highest BCUT2D eigenvalue weighted by Gasteiger charge is 2.27. The number of piperidine rings is 1. The van der Waals surface area contributed by atoms with Crippen LogP contribution in [-0.4, -0.2) is 42.7 Å². The summed E-state index contributed by atoms with van der Waals surface area (Å²) in [6.07, 6.45) is 1.51. The molecule has 26 heavy (non-hydrogen) atoms. The van der Waals surface area contributed by atoms with Gasteiger partial charge in [0.25, 0.3) is 0 Å². The van der Waals surface area contributed by atoms with Crippen LogP contribution in [0.25, 0.3) is 0 Å². The number of nitrogens with one attached hydrogen (secondary N) is 1. The van der Waals surface area contributed by atoms with E-state index in [0.717, 1.165) is 12.8 Å². The summed E-state index contributed by atoms with van der Waals surface area (Å²) >= 11 is 0. The summed E-state index contributed by atoms with van der Waals surface area (Å²) in [5.41, 5.74) is -0.110. The van der Waals surface area contributed by atoms with Gasteiger partial charge in [0.05, 0.1) is 7.11 Å². The number of methoxy groups -OCH3 is 1. The lowest BCUT2D eigenvalue weighted by atomic mass is 9.93. The quantitative estimate of drug-likeness (QED) is 0.880. The molecule has 1 fully saturated rings. The van der Waals surface area contributed by atoms with E-state index in [1.54, 1.807) is 11.0 Å². The average Bonchev–Trinajstić information content (AvgIpc) is 2.54. The van der Waals surface area contributed by atoms with Gasteiger partial charge < -0.3 is 19.7 Å². The van der Waals surface area contributed by atoms with Crippen LogP contribution in [-0.2, 0) is 9.53 Å². The highest BCUT2D eigenvalue weighted by atomic mass is 19.1. The normalized spacial score (nSPS) is 15.5. The Morgan fingerprint density at radius 2 is 1.92 bits per heavy atom. The molecule has 1 aliphatic heterocycles. The Morgan fingerprint density at radius 3 is 2.46 bits per heavy atom. The van der Waals surface area contributed by atoms with Gasteiger partial charge in [-0.3, -0.25) is 4.79 Å². The highest BCUT2D eigenvalue weighted by molar-refractivity contribution is 5.90. The van der Waals surface area contributed by atoms with Crippen LogP contribution in [0.4, 0.5) is 14.9 Å². The lowest BCUT2D eigenvalue weighted by molar-refractivity contribution is -0.117. The van der Waals surface area contributed by atoms with Crippen LogP contribution in [0.1, 0.15) is 40.0 Å². The minimum Gasteiger partial charge on any atom is -0.494 e. The lowest BCUT2D eigenvalue weighted by Gasteiger charge is -2.33. The second kappa shape index (κ2) is 8.38. The molecule has 1 saturated heterocycles. The first-order valence-corrected chi connectivity index (χ1v) is 8.79. The summed E-state index contributed by atoms with van der Waals surface area (Å²) in [7, 11) is 1.39. The monoisotopic (exact) mass is 366 g/mol. The van der Waals surface area contributed by atoms with Crippen LogP contribution in [0.15, 0.2) is 18.2 Å². The second-order valence-corrected chi connectivity index (χ2v) is 7.51. The SMILES string of the molecule is COc1ccc(NC(=O)CC2CCN(C(=O)OC(C)(C)C)CC2)cc1F. The first kappa shape index (κ1) is 20.0. The van der Waals surface area contributed by atoms with Gasteiger partial charge in [-0.05, 0) is 51.7 Å². The van der Waals surface area contributed by atoms with Crippen LogP contribution >= 0.6 is 0 Å². The number of anilines is 1. The van der Waals surface area contributed by atoms with Gasteiger partial charge in [-0.15, -0.1) is 0 Å². The molecule has 0 radical (unpaired) electrons. The summed E-state index contributed by atoms with van der Waals surface area (Å²) in [5, 5.41) is 2.71. The van der Waals surface area contributed by atoms with Crippen LogP contribution < -0.4 is 10.1 Å². The number of hydrogen-bond acceptors (Lipinski definition) is 4. The third-order valence-corrected chi connectivity index (χ3v) is 4.18. The van der Waals surface area contributed by atoms with E-state index in [2.05, 4.69) is 5.32 Å². The minimum atomic E-state index is -0.518. The molecular formula is C19H27FN2O4. The molecule has 2 amide bonds. The second-order valence-electron chi connectivity index (χ2n) is 7.51. The van der Waals surface area contributed by atoms with Crippen molar-refractivity contribution in [3.63, 3.8) is 0 Å². The summed E-state index contributed by atoms with van der Waals surface area (Å²) < 4.78 is 23.9. The third-order valence-electron chi connectivity index (χ3n) is 4.18. The zero-order valence-corrected chi connectivity index (χ0v) is 15.8. The molecule has 6 nitrogen and oxygen atoms in total. The fourth-order valence-corrected chi connectivity index (χ4v) is 2.86. The third kappa shape index (κ3) is 5.89. The summed E-state index contributed by atoms with van der Waals surface area (Å²) in [6.45, 7) is 6.66. The number of rotatable bonds is 4. The Morgan fingerprint density at radius 1 is 1.27 bits per heavy atom. The molecule has 1 aromatic carbocycles. The molecule has 7 heteroatoms. The summed E-state index contributed by atoms with van der Waals surface area (Å²) in [6, 6.07) is 4.32. The topological polar surface area (TPSA) is 67.9 Å². The van der Waals surface area contributed by atoms with E-state index in [-0.39, 0.29) is 23.7 Å². The fourth-order valence-electron chi connectivity index (χ4n) is 2.86. The van der Waals surface area contributed by atoms with Gasteiger partial charge in [0.2, 0.25) is 5.91 Å². The number of carbonyl (C=O) groups is 2. The lowest BCUT2D eigenvalue weighted by Crippen LogP contribution is -2.42. The van der Waals surface area contributed by atoms with E-state index >= 15 is 0 Å². The van der Waals surface area contributed by atoms with E-state index in [1.807, 2.05) is 20.8 Å². The largest absolute Gasteiger partial charge is 0.494 e. The molecule has 1 N–H and O–H groups in total. The van der Waals surface area contributed by atoms with Crippen molar-refractivity contribution in [2.75, 3.05) is 25.5 Å². The smallest absolute Gasteiger partial charge is 0.410 e.